The summed E-state index contributed by atoms with van der Waals surface area (Å²) in [5.74, 6) is -0.920. The number of aromatic nitrogens is 1. The van der Waals surface area contributed by atoms with Crippen molar-refractivity contribution in [2.45, 2.75) is 11.1 Å². The Labute approximate surface area is 180 Å². The van der Waals surface area contributed by atoms with Crippen molar-refractivity contribution in [2.75, 3.05) is 17.2 Å². The molecule has 0 spiro atoms. The van der Waals surface area contributed by atoms with Crippen molar-refractivity contribution in [3.8, 4) is 11.1 Å². The third-order valence-corrected chi connectivity index (χ3v) is 5.45. The first-order valence-corrected chi connectivity index (χ1v) is 10.5. The maximum Gasteiger partial charge on any atom is 0.402 e. The van der Waals surface area contributed by atoms with Gasteiger partial charge in [-0.25, -0.2) is 22.9 Å². The fourth-order valence-corrected chi connectivity index (χ4v) is 3.71. The van der Waals surface area contributed by atoms with Crippen LogP contribution in [0.2, 0.25) is 0 Å². The lowest BCUT2D eigenvalue weighted by Crippen LogP contribution is -2.33. The molecule has 12 heteroatoms. The number of benzene rings is 2. The predicted octanol–water partition coefficient (Wildman–Crippen LogP) is 4.37. The van der Waals surface area contributed by atoms with Crippen LogP contribution in [0.3, 0.4) is 0 Å². The largest absolute Gasteiger partial charge is 0.402 e. The number of sulfonamides is 1. The van der Waals surface area contributed by atoms with E-state index in [0.29, 0.717) is 11.1 Å². The van der Waals surface area contributed by atoms with E-state index in [1.807, 2.05) is 0 Å². The van der Waals surface area contributed by atoms with Gasteiger partial charge in [-0.3, -0.25) is 5.32 Å². The summed E-state index contributed by atoms with van der Waals surface area (Å²) in [7, 11) is -4.52. The first-order valence-electron chi connectivity index (χ1n) is 9.00. The topological polar surface area (TPSA) is 100 Å². The van der Waals surface area contributed by atoms with Gasteiger partial charge in [0.1, 0.15) is 12.4 Å². The third-order valence-electron chi connectivity index (χ3n) is 4.05. The van der Waals surface area contributed by atoms with Gasteiger partial charge in [0.2, 0.25) is 16.0 Å². The van der Waals surface area contributed by atoms with Crippen molar-refractivity contribution >= 4 is 27.6 Å². The van der Waals surface area contributed by atoms with Gasteiger partial charge in [-0.05, 0) is 29.8 Å². The zero-order chi connectivity index (χ0) is 23.4. The Morgan fingerprint density at radius 2 is 1.66 bits per heavy atom. The molecule has 0 aliphatic carbocycles. The van der Waals surface area contributed by atoms with Gasteiger partial charge in [-0.15, -0.1) is 0 Å². The highest BCUT2D eigenvalue weighted by molar-refractivity contribution is 7.89. The molecule has 3 rings (SSSR count). The summed E-state index contributed by atoms with van der Waals surface area (Å²) in [6.45, 7) is -1.75. The third kappa shape index (κ3) is 6.25. The molecule has 1 aromatic heterocycles. The van der Waals surface area contributed by atoms with Crippen LogP contribution >= 0.6 is 0 Å². The number of amides is 2. The Balaban J connectivity index is 1.93. The SMILES string of the molecule is O=C(Nc1cccc(F)n1)Nc1cc(S(=O)(=O)NCC(F)(F)F)ccc1-c1ccccc1. The van der Waals surface area contributed by atoms with Crippen LogP contribution in [-0.4, -0.2) is 32.2 Å². The molecule has 0 saturated carbocycles. The van der Waals surface area contributed by atoms with E-state index in [1.165, 1.54) is 22.9 Å². The van der Waals surface area contributed by atoms with Crippen molar-refractivity contribution in [1.82, 2.24) is 9.71 Å². The smallest absolute Gasteiger partial charge is 0.307 e. The molecular weight excluding hydrogens is 452 g/mol. The highest BCUT2D eigenvalue weighted by Gasteiger charge is 2.30. The Kier molecular flexibility index (Phi) is 6.75. The fourth-order valence-electron chi connectivity index (χ4n) is 2.67. The molecule has 0 bridgehead atoms. The summed E-state index contributed by atoms with van der Waals surface area (Å²) in [4.78, 5) is 15.4. The van der Waals surface area contributed by atoms with Crippen molar-refractivity contribution in [3.63, 3.8) is 0 Å². The van der Waals surface area contributed by atoms with Gasteiger partial charge >= 0.3 is 12.2 Å². The quantitative estimate of drug-likeness (QED) is 0.369. The van der Waals surface area contributed by atoms with E-state index in [-0.39, 0.29) is 11.5 Å². The number of halogens is 4. The molecule has 0 saturated heterocycles. The number of hydrogen-bond acceptors (Lipinski definition) is 4. The number of alkyl halides is 3. The molecule has 7 nitrogen and oxygen atoms in total. The number of pyridine rings is 1. The number of hydrogen-bond donors (Lipinski definition) is 3. The monoisotopic (exact) mass is 468 g/mol. The van der Waals surface area contributed by atoms with Crippen LogP contribution < -0.4 is 15.4 Å². The van der Waals surface area contributed by atoms with Gasteiger partial charge in [0, 0.05) is 5.56 Å². The van der Waals surface area contributed by atoms with Crippen LogP contribution in [-0.2, 0) is 10.0 Å². The van der Waals surface area contributed by atoms with E-state index in [4.69, 9.17) is 0 Å². The molecule has 168 valence electrons. The fraction of sp³-hybridized carbons (Fsp3) is 0.100. The van der Waals surface area contributed by atoms with E-state index in [0.717, 1.165) is 18.2 Å². The molecule has 3 N–H and O–H groups in total. The minimum absolute atomic E-state index is 0.0000123. The minimum Gasteiger partial charge on any atom is -0.307 e. The van der Waals surface area contributed by atoms with Crippen molar-refractivity contribution in [2.24, 2.45) is 0 Å². The number of urea groups is 1. The van der Waals surface area contributed by atoms with Gasteiger partial charge in [-0.2, -0.15) is 17.6 Å². The van der Waals surface area contributed by atoms with E-state index >= 15 is 0 Å². The van der Waals surface area contributed by atoms with E-state index < -0.39 is 39.6 Å². The second-order valence-electron chi connectivity index (χ2n) is 6.44. The lowest BCUT2D eigenvalue weighted by Gasteiger charge is -2.15. The summed E-state index contributed by atoms with van der Waals surface area (Å²) < 4.78 is 76.7. The number of nitrogens with one attached hydrogen (secondary N) is 3. The normalized spacial score (nSPS) is 11.8. The lowest BCUT2D eigenvalue weighted by atomic mass is 10.0. The van der Waals surface area contributed by atoms with Crippen molar-refractivity contribution in [3.05, 3.63) is 72.7 Å². The molecule has 2 aromatic carbocycles. The highest BCUT2D eigenvalue weighted by Crippen LogP contribution is 2.30. The van der Waals surface area contributed by atoms with Crippen LogP contribution in [0.1, 0.15) is 0 Å². The zero-order valence-electron chi connectivity index (χ0n) is 16.2. The molecule has 0 aliphatic heterocycles. The molecule has 2 amide bonds. The number of nitrogens with zero attached hydrogens (tertiary/aromatic N) is 1. The number of rotatable bonds is 6. The maximum atomic E-state index is 13.2. The second kappa shape index (κ2) is 9.32. The van der Waals surface area contributed by atoms with Crippen molar-refractivity contribution in [1.29, 1.82) is 0 Å². The van der Waals surface area contributed by atoms with Crippen molar-refractivity contribution < 1.29 is 30.8 Å². The van der Waals surface area contributed by atoms with Gasteiger partial charge in [0.15, 0.2) is 0 Å². The molecule has 0 unspecified atom stereocenters. The predicted molar refractivity (Wildman–Crippen MR) is 110 cm³/mol. The molecule has 1 heterocycles. The Morgan fingerprint density at radius 3 is 2.31 bits per heavy atom. The maximum absolute atomic E-state index is 13.2. The van der Waals surface area contributed by atoms with Gasteiger partial charge in [-0.1, -0.05) is 42.5 Å². The highest BCUT2D eigenvalue weighted by atomic mass is 32.2. The second-order valence-corrected chi connectivity index (χ2v) is 8.20. The van der Waals surface area contributed by atoms with Crippen LogP contribution in [0.15, 0.2) is 71.6 Å². The summed E-state index contributed by atoms with van der Waals surface area (Å²) in [5.41, 5.74) is 1.02. The summed E-state index contributed by atoms with van der Waals surface area (Å²) >= 11 is 0. The van der Waals surface area contributed by atoms with Gasteiger partial charge < -0.3 is 5.32 Å². The summed E-state index contributed by atoms with van der Waals surface area (Å²) in [6.07, 6.45) is -4.74. The molecule has 32 heavy (non-hydrogen) atoms. The minimum atomic E-state index is -4.74. The van der Waals surface area contributed by atoms with Crippen LogP contribution in [0.5, 0.6) is 0 Å². The molecule has 0 fully saturated rings. The van der Waals surface area contributed by atoms with Crippen LogP contribution in [0.25, 0.3) is 11.1 Å². The first kappa shape index (κ1) is 23.2. The Morgan fingerprint density at radius 1 is 0.938 bits per heavy atom. The number of anilines is 2. The number of carbonyl (C=O) groups is 1. The van der Waals surface area contributed by atoms with Gasteiger partial charge in [0.05, 0.1) is 10.6 Å². The average molecular weight is 468 g/mol. The summed E-state index contributed by atoms with van der Waals surface area (Å²) in [5, 5.41) is 4.73. The summed E-state index contributed by atoms with van der Waals surface area (Å²) in [6, 6.07) is 15.0. The van der Waals surface area contributed by atoms with Crippen LogP contribution in [0.4, 0.5) is 33.9 Å². The van der Waals surface area contributed by atoms with E-state index in [2.05, 4.69) is 15.6 Å². The molecule has 0 radical (unpaired) electrons. The molecule has 0 aliphatic rings. The van der Waals surface area contributed by atoms with E-state index in [9.17, 15) is 30.8 Å². The number of carbonyl (C=O) groups excluding carboxylic acids is 1. The molecule has 0 atom stereocenters. The standard InChI is InChI=1S/C20H16F4N4O3S/c21-17-7-4-8-18(27-17)28-19(29)26-16-11-14(32(30,31)25-12-20(22,23)24)9-10-15(16)13-5-2-1-3-6-13/h1-11,25H,12H2,(H2,26,27,28,29). The van der Waals surface area contributed by atoms with Crippen LogP contribution in [0, 0.1) is 5.95 Å². The van der Waals surface area contributed by atoms with E-state index in [1.54, 1.807) is 30.3 Å². The Hall–Kier alpha value is -3.51. The Bertz CT molecular complexity index is 1220. The molecular formula is C20H16F4N4O3S. The first-order chi connectivity index (χ1) is 15.0. The zero-order valence-corrected chi connectivity index (χ0v) is 17.0. The molecule has 3 aromatic rings. The lowest BCUT2D eigenvalue weighted by molar-refractivity contribution is -0.121. The van der Waals surface area contributed by atoms with Gasteiger partial charge in [0.25, 0.3) is 0 Å². The average Bonchev–Trinajstić information content (AvgIpc) is 2.72.